The molecule has 92 valence electrons. The monoisotopic (exact) mass is 241 g/mol. The Morgan fingerprint density at radius 2 is 2.28 bits per heavy atom. The van der Waals surface area contributed by atoms with Crippen LogP contribution in [0.1, 0.15) is 18.9 Å². The van der Waals surface area contributed by atoms with Crippen molar-refractivity contribution in [2.75, 3.05) is 0 Å². The summed E-state index contributed by atoms with van der Waals surface area (Å²) in [5.74, 6) is -0.102. The van der Waals surface area contributed by atoms with E-state index in [0.29, 0.717) is 12.8 Å². The van der Waals surface area contributed by atoms with Crippen molar-refractivity contribution in [1.82, 2.24) is 10.3 Å². The van der Waals surface area contributed by atoms with E-state index in [0.717, 1.165) is 16.5 Å². The molecule has 1 amide bonds. The third-order valence-electron chi connectivity index (χ3n) is 2.89. The second-order valence-electron chi connectivity index (χ2n) is 4.32. The van der Waals surface area contributed by atoms with Gasteiger partial charge in [0.2, 0.25) is 5.91 Å². The standard InChI is InChI=1S/C14H15N3O/c1-10(18)17-12(6-7-15)8-11-9-16-14-5-3-2-4-13(11)14/h2-5,9,12,16H,6,8H2,1H3,(H,17,18). The summed E-state index contributed by atoms with van der Waals surface area (Å²) in [7, 11) is 0. The van der Waals surface area contributed by atoms with Crippen molar-refractivity contribution in [3.05, 3.63) is 36.0 Å². The van der Waals surface area contributed by atoms with Gasteiger partial charge in [-0.15, -0.1) is 0 Å². The van der Waals surface area contributed by atoms with Crippen molar-refractivity contribution in [3.8, 4) is 6.07 Å². The number of aromatic nitrogens is 1. The van der Waals surface area contributed by atoms with Crippen LogP contribution in [0.5, 0.6) is 0 Å². The number of amides is 1. The van der Waals surface area contributed by atoms with Crippen molar-refractivity contribution in [2.45, 2.75) is 25.8 Å². The Balaban J connectivity index is 2.20. The van der Waals surface area contributed by atoms with E-state index in [-0.39, 0.29) is 11.9 Å². The Morgan fingerprint density at radius 1 is 1.50 bits per heavy atom. The smallest absolute Gasteiger partial charge is 0.217 e. The molecule has 2 aromatic rings. The minimum absolute atomic E-state index is 0.102. The fraction of sp³-hybridized carbons (Fsp3) is 0.286. The van der Waals surface area contributed by atoms with Gasteiger partial charge in [-0.05, 0) is 18.1 Å². The van der Waals surface area contributed by atoms with Crippen LogP contribution in [-0.4, -0.2) is 16.9 Å². The fourth-order valence-corrected chi connectivity index (χ4v) is 2.14. The molecule has 0 radical (unpaired) electrons. The average Bonchev–Trinajstić information content (AvgIpc) is 2.72. The molecule has 1 aromatic carbocycles. The summed E-state index contributed by atoms with van der Waals surface area (Å²) in [6.07, 6.45) is 2.92. The van der Waals surface area contributed by atoms with E-state index in [1.54, 1.807) is 0 Å². The predicted octanol–water partition coefficient (Wildman–Crippen LogP) is 2.13. The minimum Gasteiger partial charge on any atom is -0.361 e. The summed E-state index contributed by atoms with van der Waals surface area (Å²) in [5, 5.41) is 12.7. The molecule has 0 aliphatic heterocycles. The molecule has 1 atom stereocenters. The molecule has 4 heteroatoms. The molecular weight excluding hydrogens is 226 g/mol. The lowest BCUT2D eigenvalue weighted by Gasteiger charge is -2.13. The molecule has 1 aromatic heterocycles. The number of benzene rings is 1. The van der Waals surface area contributed by atoms with Crippen LogP contribution in [0.15, 0.2) is 30.5 Å². The van der Waals surface area contributed by atoms with E-state index in [4.69, 9.17) is 5.26 Å². The number of rotatable bonds is 4. The molecule has 18 heavy (non-hydrogen) atoms. The van der Waals surface area contributed by atoms with Crippen LogP contribution in [0.2, 0.25) is 0 Å². The van der Waals surface area contributed by atoms with Crippen LogP contribution < -0.4 is 5.32 Å². The van der Waals surface area contributed by atoms with Gasteiger partial charge in [-0.2, -0.15) is 5.26 Å². The van der Waals surface area contributed by atoms with Gasteiger partial charge < -0.3 is 10.3 Å². The quantitative estimate of drug-likeness (QED) is 0.861. The van der Waals surface area contributed by atoms with Gasteiger partial charge >= 0.3 is 0 Å². The van der Waals surface area contributed by atoms with Gasteiger partial charge in [0, 0.05) is 30.1 Å². The predicted molar refractivity (Wildman–Crippen MR) is 69.8 cm³/mol. The van der Waals surface area contributed by atoms with Gasteiger partial charge in [-0.3, -0.25) is 4.79 Å². The lowest BCUT2D eigenvalue weighted by molar-refractivity contribution is -0.119. The number of nitriles is 1. The molecule has 0 aliphatic carbocycles. The highest BCUT2D eigenvalue weighted by atomic mass is 16.1. The zero-order valence-electron chi connectivity index (χ0n) is 10.2. The normalized spacial score (nSPS) is 12.0. The van der Waals surface area contributed by atoms with E-state index in [1.165, 1.54) is 6.92 Å². The summed E-state index contributed by atoms with van der Waals surface area (Å²) in [4.78, 5) is 14.3. The van der Waals surface area contributed by atoms with Crippen LogP contribution in [0.4, 0.5) is 0 Å². The molecule has 1 heterocycles. The fourth-order valence-electron chi connectivity index (χ4n) is 2.14. The Bertz CT molecular complexity index is 594. The van der Waals surface area contributed by atoms with E-state index < -0.39 is 0 Å². The second kappa shape index (κ2) is 5.37. The number of para-hydroxylation sites is 1. The Hall–Kier alpha value is -2.28. The first-order valence-electron chi connectivity index (χ1n) is 5.89. The number of fused-ring (bicyclic) bond motifs is 1. The number of aromatic amines is 1. The Kier molecular flexibility index (Phi) is 3.63. The summed E-state index contributed by atoms with van der Waals surface area (Å²) in [6.45, 7) is 1.47. The molecule has 0 spiro atoms. The maximum absolute atomic E-state index is 11.1. The molecule has 2 N–H and O–H groups in total. The highest BCUT2D eigenvalue weighted by molar-refractivity contribution is 5.83. The molecule has 1 unspecified atom stereocenters. The number of carbonyl (C=O) groups excluding carboxylic acids is 1. The summed E-state index contributed by atoms with van der Waals surface area (Å²) < 4.78 is 0. The zero-order valence-corrected chi connectivity index (χ0v) is 10.2. The van der Waals surface area contributed by atoms with Crippen LogP contribution in [-0.2, 0) is 11.2 Å². The molecule has 0 saturated carbocycles. The number of nitrogens with zero attached hydrogens (tertiary/aromatic N) is 1. The maximum Gasteiger partial charge on any atom is 0.217 e. The SMILES string of the molecule is CC(=O)NC(CC#N)Cc1c[nH]c2ccccc12. The van der Waals surface area contributed by atoms with Gasteiger partial charge in [0.1, 0.15) is 0 Å². The first kappa shape index (κ1) is 12.2. The summed E-state index contributed by atoms with van der Waals surface area (Å²) >= 11 is 0. The summed E-state index contributed by atoms with van der Waals surface area (Å²) in [5.41, 5.74) is 2.20. The number of H-pyrrole nitrogens is 1. The number of carbonyl (C=O) groups is 1. The van der Waals surface area contributed by atoms with Gasteiger partial charge in [-0.25, -0.2) is 0 Å². The average molecular weight is 241 g/mol. The third-order valence-corrected chi connectivity index (χ3v) is 2.89. The number of hydrogen-bond donors (Lipinski definition) is 2. The second-order valence-corrected chi connectivity index (χ2v) is 4.32. The van der Waals surface area contributed by atoms with Gasteiger partial charge in [0.05, 0.1) is 12.5 Å². The first-order chi connectivity index (χ1) is 8.70. The maximum atomic E-state index is 11.1. The highest BCUT2D eigenvalue weighted by Crippen LogP contribution is 2.19. The Labute approximate surface area is 106 Å². The topological polar surface area (TPSA) is 68.7 Å². The van der Waals surface area contributed by atoms with Crippen molar-refractivity contribution in [3.63, 3.8) is 0 Å². The molecule has 2 rings (SSSR count). The number of nitrogens with one attached hydrogen (secondary N) is 2. The highest BCUT2D eigenvalue weighted by Gasteiger charge is 2.13. The van der Waals surface area contributed by atoms with Gasteiger partial charge in [0.25, 0.3) is 0 Å². The molecule has 0 fully saturated rings. The van der Waals surface area contributed by atoms with Crippen LogP contribution in [0, 0.1) is 11.3 Å². The van der Waals surface area contributed by atoms with Crippen molar-refractivity contribution in [2.24, 2.45) is 0 Å². The van der Waals surface area contributed by atoms with Crippen LogP contribution in [0.25, 0.3) is 10.9 Å². The van der Waals surface area contributed by atoms with Crippen molar-refractivity contribution < 1.29 is 4.79 Å². The largest absolute Gasteiger partial charge is 0.361 e. The van der Waals surface area contributed by atoms with E-state index in [1.807, 2.05) is 30.5 Å². The van der Waals surface area contributed by atoms with Gasteiger partial charge in [0.15, 0.2) is 0 Å². The zero-order chi connectivity index (χ0) is 13.0. The summed E-state index contributed by atoms with van der Waals surface area (Å²) in [6, 6.07) is 9.99. The number of hydrogen-bond acceptors (Lipinski definition) is 2. The molecule has 0 aliphatic rings. The third kappa shape index (κ3) is 2.69. The lowest BCUT2D eigenvalue weighted by Crippen LogP contribution is -2.34. The molecule has 4 nitrogen and oxygen atoms in total. The first-order valence-corrected chi connectivity index (χ1v) is 5.89. The van der Waals surface area contributed by atoms with E-state index in [9.17, 15) is 4.79 Å². The van der Waals surface area contributed by atoms with E-state index in [2.05, 4.69) is 16.4 Å². The molecule has 0 bridgehead atoms. The minimum atomic E-state index is -0.133. The molecular formula is C14H15N3O. The van der Waals surface area contributed by atoms with Crippen LogP contribution >= 0.6 is 0 Å². The lowest BCUT2D eigenvalue weighted by atomic mass is 10.0. The molecule has 0 saturated heterocycles. The van der Waals surface area contributed by atoms with Crippen molar-refractivity contribution in [1.29, 1.82) is 5.26 Å². The van der Waals surface area contributed by atoms with Crippen LogP contribution in [0.3, 0.4) is 0 Å². The Morgan fingerprint density at radius 3 is 3.00 bits per heavy atom. The van der Waals surface area contributed by atoms with E-state index >= 15 is 0 Å². The van der Waals surface area contributed by atoms with Gasteiger partial charge in [-0.1, -0.05) is 18.2 Å². The van der Waals surface area contributed by atoms with Crippen molar-refractivity contribution >= 4 is 16.8 Å².